The predicted molar refractivity (Wildman–Crippen MR) is 70.6 cm³/mol. The predicted octanol–water partition coefficient (Wildman–Crippen LogP) is 3.39. The molecule has 0 saturated carbocycles. The Morgan fingerprint density at radius 1 is 1.53 bits per heavy atom. The second kappa shape index (κ2) is 4.55. The molecule has 5 heteroatoms. The van der Waals surface area contributed by atoms with E-state index < -0.39 is 0 Å². The van der Waals surface area contributed by atoms with Crippen LogP contribution in [0.2, 0.25) is 0 Å². The number of aliphatic imine (C=N–C) groups is 1. The van der Waals surface area contributed by atoms with Crippen LogP contribution in [0, 0.1) is 6.92 Å². The summed E-state index contributed by atoms with van der Waals surface area (Å²) in [6.07, 6.45) is 3.86. The summed E-state index contributed by atoms with van der Waals surface area (Å²) in [7, 11) is 0. The van der Waals surface area contributed by atoms with E-state index in [1.165, 1.54) is 29.1 Å². The van der Waals surface area contributed by atoms with Crippen LogP contribution in [0.25, 0.3) is 6.08 Å². The summed E-state index contributed by atoms with van der Waals surface area (Å²) in [6.45, 7) is 2.04. The molecule has 0 N–H and O–H groups in total. The van der Waals surface area contributed by atoms with Crippen LogP contribution in [-0.4, -0.2) is 16.5 Å². The minimum atomic E-state index is -0.114. The highest BCUT2D eigenvalue weighted by Gasteiger charge is 2.21. The molecule has 2 heterocycles. The smallest absolute Gasteiger partial charge is 0.266 e. The third kappa shape index (κ3) is 2.35. The Balaban J connectivity index is 2.25. The van der Waals surface area contributed by atoms with Gasteiger partial charge in [-0.1, -0.05) is 11.8 Å². The van der Waals surface area contributed by atoms with Gasteiger partial charge in [0.05, 0.1) is 4.91 Å². The quantitative estimate of drug-likeness (QED) is 0.720. The van der Waals surface area contributed by atoms with Crippen LogP contribution in [0.15, 0.2) is 21.3 Å². The maximum Gasteiger partial charge on any atom is 0.285 e. The number of carbonyl (C=O) groups excluding carboxylic acids is 1. The lowest BCUT2D eigenvalue weighted by Crippen LogP contribution is -1.87. The Morgan fingerprint density at radius 2 is 2.33 bits per heavy atom. The molecule has 0 spiro atoms. The van der Waals surface area contributed by atoms with Gasteiger partial charge in [-0.05, 0) is 36.3 Å². The summed E-state index contributed by atoms with van der Waals surface area (Å²) in [5, 5.41) is 2.03. The summed E-state index contributed by atoms with van der Waals surface area (Å²) >= 11 is 4.62. The van der Waals surface area contributed by atoms with E-state index in [1.54, 1.807) is 11.3 Å². The summed E-state index contributed by atoms with van der Waals surface area (Å²) in [6, 6.07) is 2.05. The number of aryl methyl sites for hydroxylation is 1. The Bertz CT molecular complexity index is 459. The van der Waals surface area contributed by atoms with Crippen molar-refractivity contribution in [2.75, 3.05) is 6.26 Å². The molecule has 1 aliphatic heterocycles. The van der Waals surface area contributed by atoms with Crippen molar-refractivity contribution < 1.29 is 4.79 Å². The van der Waals surface area contributed by atoms with E-state index in [-0.39, 0.29) is 5.91 Å². The average molecular weight is 255 g/mol. The van der Waals surface area contributed by atoms with Crippen molar-refractivity contribution in [2.24, 2.45) is 4.99 Å². The Hall–Kier alpha value is -0.520. The van der Waals surface area contributed by atoms with E-state index >= 15 is 0 Å². The number of thioether (sulfide) groups is 2. The summed E-state index contributed by atoms with van der Waals surface area (Å²) in [5.74, 6) is -0.114. The fourth-order valence-corrected chi connectivity index (χ4v) is 3.46. The Labute approximate surface area is 101 Å². The molecule has 78 valence electrons. The maximum absolute atomic E-state index is 11.5. The van der Waals surface area contributed by atoms with Crippen molar-refractivity contribution in [1.82, 2.24) is 0 Å². The van der Waals surface area contributed by atoms with Crippen LogP contribution in [0.4, 0.5) is 0 Å². The zero-order valence-corrected chi connectivity index (χ0v) is 10.8. The molecule has 1 aliphatic rings. The standard InChI is InChI=1S/C10H9NOS3/c1-6-3-4-14-7(6)5-8-9(12)11-10(13-2)15-8/h3-5H,1-2H3. The van der Waals surface area contributed by atoms with Crippen LogP contribution in [0.3, 0.4) is 0 Å². The molecule has 2 nitrogen and oxygen atoms in total. The number of thiophene rings is 1. The number of nitrogens with zero attached hydrogens (tertiary/aromatic N) is 1. The van der Waals surface area contributed by atoms with Crippen molar-refractivity contribution in [3.63, 3.8) is 0 Å². The fourth-order valence-electron chi connectivity index (χ4n) is 1.13. The first-order valence-corrected chi connectivity index (χ1v) is 7.23. The molecule has 1 amide bonds. The molecule has 0 aliphatic carbocycles. The fraction of sp³-hybridized carbons (Fsp3) is 0.200. The zero-order valence-electron chi connectivity index (χ0n) is 8.31. The highest BCUT2D eigenvalue weighted by atomic mass is 32.2. The van der Waals surface area contributed by atoms with E-state index in [1.807, 2.05) is 24.6 Å². The van der Waals surface area contributed by atoms with Crippen molar-refractivity contribution in [2.45, 2.75) is 6.92 Å². The lowest BCUT2D eigenvalue weighted by molar-refractivity contribution is -0.113. The maximum atomic E-state index is 11.5. The van der Waals surface area contributed by atoms with E-state index in [9.17, 15) is 4.79 Å². The van der Waals surface area contributed by atoms with E-state index in [4.69, 9.17) is 0 Å². The zero-order chi connectivity index (χ0) is 10.8. The van der Waals surface area contributed by atoms with Gasteiger partial charge >= 0.3 is 0 Å². The highest BCUT2D eigenvalue weighted by molar-refractivity contribution is 8.40. The van der Waals surface area contributed by atoms with E-state index in [2.05, 4.69) is 11.1 Å². The topological polar surface area (TPSA) is 29.4 Å². The summed E-state index contributed by atoms with van der Waals surface area (Å²) in [4.78, 5) is 17.3. The van der Waals surface area contributed by atoms with Gasteiger partial charge in [0.15, 0.2) is 0 Å². The van der Waals surface area contributed by atoms with Crippen LogP contribution in [0.1, 0.15) is 10.4 Å². The van der Waals surface area contributed by atoms with Gasteiger partial charge in [-0.3, -0.25) is 4.79 Å². The number of amides is 1. The summed E-state index contributed by atoms with van der Waals surface area (Å²) < 4.78 is 0.834. The largest absolute Gasteiger partial charge is 0.285 e. The van der Waals surface area contributed by atoms with Crippen molar-refractivity contribution in [3.05, 3.63) is 26.8 Å². The molecular weight excluding hydrogens is 246 g/mol. The number of hydrogen-bond donors (Lipinski definition) is 0. The average Bonchev–Trinajstić information content (AvgIpc) is 2.76. The third-order valence-electron chi connectivity index (χ3n) is 1.94. The van der Waals surface area contributed by atoms with Crippen LogP contribution >= 0.6 is 34.9 Å². The first kappa shape index (κ1) is 11.0. The molecule has 1 aromatic rings. The second-order valence-electron chi connectivity index (χ2n) is 2.97. The highest BCUT2D eigenvalue weighted by Crippen LogP contribution is 2.33. The lowest BCUT2D eigenvalue weighted by atomic mass is 10.3. The van der Waals surface area contributed by atoms with Gasteiger partial charge in [0.25, 0.3) is 5.91 Å². The molecule has 15 heavy (non-hydrogen) atoms. The second-order valence-corrected chi connectivity index (χ2v) is 6.00. The third-order valence-corrected chi connectivity index (χ3v) is 4.87. The normalized spacial score (nSPS) is 18.7. The van der Waals surface area contributed by atoms with Crippen molar-refractivity contribution in [3.8, 4) is 0 Å². The monoisotopic (exact) mass is 255 g/mol. The van der Waals surface area contributed by atoms with Crippen molar-refractivity contribution in [1.29, 1.82) is 0 Å². The van der Waals surface area contributed by atoms with E-state index in [0.717, 1.165) is 14.2 Å². The molecule has 0 bridgehead atoms. The number of hydrogen-bond acceptors (Lipinski definition) is 4. The number of carbonyl (C=O) groups is 1. The van der Waals surface area contributed by atoms with Gasteiger partial charge in [0.2, 0.25) is 0 Å². The molecule has 0 fully saturated rings. The summed E-state index contributed by atoms with van der Waals surface area (Å²) in [5.41, 5.74) is 1.21. The van der Waals surface area contributed by atoms with Crippen molar-refractivity contribution >= 4 is 51.2 Å². The van der Waals surface area contributed by atoms with Crippen LogP contribution in [0.5, 0.6) is 0 Å². The van der Waals surface area contributed by atoms with Crippen LogP contribution < -0.4 is 0 Å². The van der Waals surface area contributed by atoms with Gasteiger partial charge in [-0.15, -0.1) is 23.1 Å². The lowest BCUT2D eigenvalue weighted by Gasteiger charge is -1.93. The molecule has 0 unspecified atom stereocenters. The van der Waals surface area contributed by atoms with Gasteiger partial charge in [-0.2, -0.15) is 4.99 Å². The van der Waals surface area contributed by atoms with Crippen LogP contribution in [-0.2, 0) is 4.79 Å². The minimum Gasteiger partial charge on any atom is -0.266 e. The van der Waals surface area contributed by atoms with Gasteiger partial charge in [0.1, 0.15) is 4.38 Å². The first-order chi connectivity index (χ1) is 7.20. The molecule has 0 atom stereocenters. The molecular formula is C10H9NOS3. The Morgan fingerprint density at radius 3 is 2.87 bits per heavy atom. The first-order valence-electron chi connectivity index (χ1n) is 4.31. The molecule has 0 radical (unpaired) electrons. The molecule has 0 saturated heterocycles. The van der Waals surface area contributed by atoms with Gasteiger partial charge in [-0.25, -0.2) is 0 Å². The Kier molecular flexibility index (Phi) is 3.33. The minimum absolute atomic E-state index is 0.114. The van der Waals surface area contributed by atoms with E-state index in [0.29, 0.717) is 0 Å². The molecule has 0 aromatic carbocycles. The number of rotatable bonds is 1. The molecule has 2 rings (SSSR count). The SMILES string of the molecule is CSC1=NC(=O)C(=Cc2sccc2C)S1. The van der Waals surface area contributed by atoms with Gasteiger partial charge in [0, 0.05) is 4.88 Å². The molecule has 1 aromatic heterocycles. The van der Waals surface area contributed by atoms with Gasteiger partial charge < -0.3 is 0 Å².